The topological polar surface area (TPSA) is 256 Å². The van der Waals surface area contributed by atoms with Crippen molar-refractivity contribution in [1.29, 1.82) is 0 Å². The molecule has 6 aromatic carbocycles. The Labute approximate surface area is 762 Å². The minimum atomic E-state index is -1.07. The van der Waals surface area contributed by atoms with Crippen molar-refractivity contribution in [2.75, 3.05) is 219 Å². The summed E-state index contributed by atoms with van der Waals surface area (Å²) in [6, 6.07) is 19.1. The van der Waals surface area contributed by atoms with E-state index in [1.165, 1.54) is 66.6 Å². The molecule has 0 aromatic heterocycles. The van der Waals surface area contributed by atoms with Gasteiger partial charge in [0.1, 0.15) is 49.2 Å². The van der Waals surface area contributed by atoms with E-state index < -0.39 is 11.9 Å². The molecule has 16 rings (SSSR count). The summed E-state index contributed by atoms with van der Waals surface area (Å²) in [6.45, 7) is 17.0. The molecule has 4 N–H and O–H groups in total. The Morgan fingerprint density at radius 3 is 1.30 bits per heavy atom. The highest BCUT2D eigenvalue weighted by atomic mass is 35.5. The lowest BCUT2D eigenvalue weighted by molar-refractivity contribution is -0.0166. The number of anilines is 2. The highest BCUT2D eigenvalue weighted by Crippen LogP contribution is 2.52. The van der Waals surface area contributed by atoms with Gasteiger partial charge in [0, 0.05) is 167 Å². The number of amides is 2. The fourth-order valence-corrected chi connectivity index (χ4v) is 21.6. The number of fused-ring (bicyclic) bond motifs is 8. The molecule has 2 unspecified atom stereocenters. The number of alkyl halides is 2. The maximum atomic E-state index is 14.3. The predicted molar refractivity (Wildman–Crippen MR) is 495 cm³/mol. The first-order valence-corrected chi connectivity index (χ1v) is 49.2. The average Bonchev–Trinajstić information content (AvgIpc) is 0.995. The maximum absolute atomic E-state index is 14.3. The van der Waals surface area contributed by atoms with Crippen LogP contribution in [-0.2, 0) is 98.7 Å². The number of carboxylic acid groups (broad SMARTS) is 2. The van der Waals surface area contributed by atoms with Crippen LogP contribution in [0.2, 0.25) is 0 Å². The molecule has 10 aliphatic heterocycles. The number of carbonyl (C=O) groups is 4. The number of nitrogens with zero attached hydrogens (tertiary/aromatic N) is 4. The summed E-state index contributed by atoms with van der Waals surface area (Å²) in [6.07, 6.45) is 25.7. The minimum Gasteiger partial charge on any atom is -0.478 e. The number of aryl methyl sites for hydroxylation is 4. The number of halogens is 2. The van der Waals surface area contributed by atoms with Crippen LogP contribution in [-0.4, -0.2) is 243 Å². The third-order valence-corrected chi connectivity index (χ3v) is 27.8. The van der Waals surface area contributed by atoms with Crippen molar-refractivity contribution in [2.24, 2.45) is 11.8 Å². The second-order valence-corrected chi connectivity index (χ2v) is 36.4. The Hall–Kier alpha value is -8.08. The second kappa shape index (κ2) is 46.8. The van der Waals surface area contributed by atoms with Crippen LogP contribution in [0.25, 0.3) is 11.1 Å². The molecule has 0 saturated carbocycles. The minimum absolute atomic E-state index is 0.120. The quantitative estimate of drug-likeness (QED) is 0.0157. The lowest BCUT2D eigenvalue weighted by Gasteiger charge is -2.36. The smallest absolute Gasteiger partial charge is 0.336 e. The lowest BCUT2D eigenvalue weighted by atomic mass is 9.78. The monoisotopic (exact) mass is 1800 g/mol. The van der Waals surface area contributed by atoms with Gasteiger partial charge in [-0.15, -0.1) is 23.2 Å². The van der Waals surface area contributed by atoms with Gasteiger partial charge in [0.25, 0.3) is 11.8 Å². The number of rotatable bonds is 49. The number of nitrogens with one attached hydrogen (secondary N) is 2. The molecule has 690 valence electrons. The van der Waals surface area contributed by atoms with E-state index in [0.717, 1.165) is 282 Å². The summed E-state index contributed by atoms with van der Waals surface area (Å²) in [5, 5.41) is 32.6. The fraction of sp³-hybridized carbons (Fsp3) is 0.588. The highest BCUT2D eigenvalue weighted by Gasteiger charge is 2.42. The number of hydrogen-bond donors (Lipinski definition) is 4. The standard InChI is InChI=1S/C102H130Cl2N6O18/c103-30-7-1-2-12-41-117-45-49-121-53-57-125-59-60-126-58-56-124-52-48-120-44-33-106-100(112)75-26-28-78(102(115)116)83(66-75)90-86-63-72-19-5-10-36-109-40-16-24-81(93(72)109)97(86)128-98-87(90)64-73-20-6-11-37-110-68-76(67-88(98)94(73)110)69(21-13-31-104)29-42-118-46-50-122-54-55-123-51-47-119-43-32-105-99(111)74-25-27-77(101(113)114)82(65-74)89-84-61-70-17-3-8-34-107-38-14-22-79(91(70)107)95(84)127-96-80-23-15-39-108-35-9-4-18-71(92(80)108)62-85(89)96/h25-28,61-66,69,76H,1-24,29-60,67-68H2,(H2-2,105,106,111,112,113,114,115,116)/p+2. The summed E-state index contributed by atoms with van der Waals surface area (Å²) in [7, 11) is 0. The van der Waals surface area contributed by atoms with Gasteiger partial charge < -0.3 is 87.5 Å². The number of aromatic carboxylic acids is 2. The van der Waals surface area contributed by atoms with Crippen LogP contribution in [0, 0.1) is 11.8 Å². The van der Waals surface area contributed by atoms with Crippen molar-refractivity contribution in [3.8, 4) is 23.0 Å². The highest BCUT2D eigenvalue weighted by molar-refractivity contribution is 6.18. The summed E-state index contributed by atoms with van der Waals surface area (Å²) < 4.78 is 78.5. The molecule has 10 heterocycles. The number of carboxylic acids is 2. The Morgan fingerprint density at radius 1 is 0.391 bits per heavy atom. The number of carbonyl (C=O) groups excluding carboxylic acids is 2. The zero-order valence-electron chi connectivity index (χ0n) is 74.9. The zero-order chi connectivity index (χ0) is 87.9. The average molecular weight is 1800 g/mol. The first-order valence-electron chi connectivity index (χ1n) is 48.1. The molecule has 2 atom stereocenters. The molecule has 0 spiro atoms. The molecule has 2 amide bonds. The maximum Gasteiger partial charge on any atom is 0.336 e. The third kappa shape index (κ3) is 22.5. The summed E-state index contributed by atoms with van der Waals surface area (Å²) in [4.78, 5) is 60.8. The van der Waals surface area contributed by atoms with Gasteiger partial charge in [0.15, 0.2) is 0 Å². The van der Waals surface area contributed by atoms with E-state index in [-0.39, 0.29) is 61.1 Å². The molecular formula is C102H132Cl2N6O18+2. The van der Waals surface area contributed by atoms with Gasteiger partial charge in [-0.1, -0.05) is 12.8 Å². The van der Waals surface area contributed by atoms with Crippen LogP contribution in [0.3, 0.4) is 0 Å². The molecule has 0 fully saturated rings. The van der Waals surface area contributed by atoms with Crippen LogP contribution >= 0.6 is 23.2 Å². The number of unbranched alkanes of at least 4 members (excludes halogenated alkanes) is 3. The molecule has 10 aliphatic rings. The fourth-order valence-electron chi connectivity index (χ4n) is 21.3. The first kappa shape index (κ1) is 93.2. The molecule has 6 aromatic rings. The molecule has 128 heavy (non-hydrogen) atoms. The normalized spacial score (nSPS) is 17.2. The van der Waals surface area contributed by atoms with Crippen LogP contribution < -0.4 is 60.2 Å². The largest absolute Gasteiger partial charge is 0.478 e. The Kier molecular flexibility index (Phi) is 34.1. The van der Waals surface area contributed by atoms with Gasteiger partial charge in [0.05, 0.1) is 141 Å². The Balaban J connectivity index is 0.510. The van der Waals surface area contributed by atoms with E-state index in [0.29, 0.717) is 146 Å². The molecule has 24 nitrogen and oxygen atoms in total. The Bertz CT molecular complexity index is 5200. The van der Waals surface area contributed by atoms with Crippen molar-refractivity contribution in [2.45, 2.75) is 167 Å². The van der Waals surface area contributed by atoms with Gasteiger partial charge in [-0.3, -0.25) is 9.59 Å². The van der Waals surface area contributed by atoms with E-state index >= 15 is 0 Å². The van der Waals surface area contributed by atoms with E-state index in [9.17, 15) is 29.4 Å². The van der Waals surface area contributed by atoms with Crippen molar-refractivity contribution < 1.29 is 86.2 Å². The molecule has 0 saturated heterocycles. The van der Waals surface area contributed by atoms with E-state index in [4.69, 9.17) is 80.0 Å². The van der Waals surface area contributed by atoms with Crippen LogP contribution in [0.15, 0.2) is 60.7 Å². The van der Waals surface area contributed by atoms with Gasteiger partial charge >= 0.3 is 11.9 Å². The van der Waals surface area contributed by atoms with Gasteiger partial charge in [-0.25, -0.2) is 18.7 Å². The van der Waals surface area contributed by atoms with Gasteiger partial charge in [-0.05, 0) is 224 Å². The molecule has 0 aliphatic carbocycles. The second-order valence-electron chi connectivity index (χ2n) is 35.7. The molecule has 0 radical (unpaired) electrons. The van der Waals surface area contributed by atoms with E-state index in [2.05, 4.69) is 53.8 Å². The SMILES string of the molecule is O=C(NCCOCCOCCOCCOCCOCCOCCCCCCCl)c1ccc(C(=O)O)c(C2=c3cc4c5c(c3Oc3c2cc2c6c3CCCN6CCCC2)CC(C(CCCCl)CCOCCOCCOCCOCCNC(=O)c2ccc(C(=O)O)c(C3=c6cc7c8c(c6Oc6c3cc3c9c6CCCN9CCCC3)CCC[N+]=8CCCC7)c2)C[N+]=5CCCC4)c1. The first-order chi connectivity index (χ1) is 63.0. The van der Waals surface area contributed by atoms with Gasteiger partial charge in [0.2, 0.25) is 10.7 Å². The molecule has 0 bridgehead atoms. The third-order valence-electron chi connectivity index (χ3n) is 27.2. The zero-order valence-corrected chi connectivity index (χ0v) is 76.4. The summed E-state index contributed by atoms with van der Waals surface area (Å²) in [5.41, 5.74) is 17.9. The molecular weight excluding hydrogens is 1670 g/mol. The summed E-state index contributed by atoms with van der Waals surface area (Å²) in [5.74, 6) is 2.31. The van der Waals surface area contributed by atoms with Crippen molar-refractivity contribution in [1.82, 2.24) is 19.8 Å². The predicted octanol–water partition coefficient (Wildman–Crippen LogP) is 11.9. The van der Waals surface area contributed by atoms with E-state index in [1.54, 1.807) is 36.4 Å². The van der Waals surface area contributed by atoms with Crippen molar-refractivity contribution >= 4 is 69.5 Å². The number of benzene rings is 6. The Morgan fingerprint density at radius 2 is 0.805 bits per heavy atom. The van der Waals surface area contributed by atoms with Crippen LogP contribution in [0.1, 0.15) is 224 Å². The van der Waals surface area contributed by atoms with Crippen LogP contribution in [0.5, 0.6) is 23.0 Å². The van der Waals surface area contributed by atoms with Crippen molar-refractivity contribution in [3.63, 3.8) is 0 Å². The molecule has 26 heteroatoms. The van der Waals surface area contributed by atoms with Crippen molar-refractivity contribution in [3.05, 3.63) is 171 Å². The van der Waals surface area contributed by atoms with E-state index in [1.807, 2.05) is 0 Å². The lowest BCUT2D eigenvalue weighted by Crippen LogP contribution is -2.47. The number of ether oxygens (including phenoxy) is 12. The van der Waals surface area contributed by atoms with Gasteiger partial charge in [-0.2, -0.15) is 0 Å². The number of hydrogen-bond acceptors (Lipinski definition) is 18. The summed E-state index contributed by atoms with van der Waals surface area (Å²) >= 11 is 12.3. The van der Waals surface area contributed by atoms with Crippen LogP contribution in [0.4, 0.5) is 11.4 Å².